The largest absolute Gasteiger partial charge is 0.416 e. The Morgan fingerprint density at radius 2 is 2.26 bits per heavy atom. The SMILES string of the molecule is CCc1csc(NC(=O)N(C)CC(O)C(F)(F)F)n1. The van der Waals surface area contributed by atoms with Gasteiger partial charge in [0.05, 0.1) is 12.2 Å². The highest BCUT2D eigenvalue weighted by molar-refractivity contribution is 7.13. The Morgan fingerprint density at radius 1 is 1.63 bits per heavy atom. The molecule has 2 N–H and O–H groups in total. The van der Waals surface area contributed by atoms with Crippen LogP contribution in [0.3, 0.4) is 0 Å². The molecule has 1 heterocycles. The number of urea groups is 1. The fourth-order valence-electron chi connectivity index (χ4n) is 1.16. The van der Waals surface area contributed by atoms with Crippen LogP contribution < -0.4 is 5.32 Å². The van der Waals surface area contributed by atoms with Gasteiger partial charge < -0.3 is 10.0 Å². The van der Waals surface area contributed by atoms with Crippen LogP contribution in [0.4, 0.5) is 23.1 Å². The van der Waals surface area contributed by atoms with Crippen molar-refractivity contribution in [2.75, 3.05) is 18.9 Å². The first kappa shape index (κ1) is 15.7. The van der Waals surface area contributed by atoms with Gasteiger partial charge in [0.25, 0.3) is 0 Å². The molecule has 0 aliphatic rings. The van der Waals surface area contributed by atoms with Gasteiger partial charge >= 0.3 is 12.2 Å². The third-order valence-corrected chi connectivity index (χ3v) is 3.11. The number of thiazole rings is 1. The number of alkyl halides is 3. The number of hydrogen-bond donors (Lipinski definition) is 2. The number of carbonyl (C=O) groups is 1. The van der Waals surface area contributed by atoms with Gasteiger partial charge in [-0.2, -0.15) is 13.2 Å². The summed E-state index contributed by atoms with van der Waals surface area (Å²) < 4.78 is 36.4. The van der Waals surface area contributed by atoms with E-state index in [1.54, 1.807) is 5.38 Å². The van der Waals surface area contributed by atoms with Crippen molar-refractivity contribution in [2.45, 2.75) is 25.6 Å². The molecule has 108 valence electrons. The van der Waals surface area contributed by atoms with Crippen molar-refractivity contribution in [1.29, 1.82) is 0 Å². The number of amides is 2. The van der Waals surface area contributed by atoms with Gasteiger partial charge in [-0.15, -0.1) is 11.3 Å². The fourth-order valence-corrected chi connectivity index (χ4v) is 1.94. The number of halogens is 3. The first-order valence-corrected chi connectivity index (χ1v) is 6.33. The molecular formula is C10H14F3N3O2S. The second-order valence-electron chi connectivity index (χ2n) is 3.87. The van der Waals surface area contributed by atoms with Gasteiger partial charge in [0, 0.05) is 12.4 Å². The molecule has 0 aromatic carbocycles. The molecule has 0 saturated carbocycles. The highest BCUT2D eigenvalue weighted by atomic mass is 32.1. The molecule has 1 atom stereocenters. The molecule has 1 aromatic rings. The van der Waals surface area contributed by atoms with E-state index < -0.39 is 24.9 Å². The average Bonchev–Trinajstić information content (AvgIpc) is 2.75. The maximum absolute atomic E-state index is 12.1. The molecule has 19 heavy (non-hydrogen) atoms. The lowest BCUT2D eigenvalue weighted by Gasteiger charge is -2.22. The molecule has 0 spiro atoms. The van der Waals surface area contributed by atoms with E-state index in [1.165, 1.54) is 18.4 Å². The molecule has 9 heteroatoms. The monoisotopic (exact) mass is 297 g/mol. The van der Waals surface area contributed by atoms with Gasteiger partial charge in [-0.05, 0) is 6.42 Å². The minimum atomic E-state index is -4.74. The minimum Gasteiger partial charge on any atom is -0.382 e. The van der Waals surface area contributed by atoms with Crippen molar-refractivity contribution < 1.29 is 23.1 Å². The Balaban J connectivity index is 2.53. The second-order valence-corrected chi connectivity index (χ2v) is 4.72. The summed E-state index contributed by atoms with van der Waals surface area (Å²) in [7, 11) is 1.17. The van der Waals surface area contributed by atoms with Crippen molar-refractivity contribution in [3.8, 4) is 0 Å². The number of rotatable bonds is 4. The third kappa shape index (κ3) is 4.67. The quantitative estimate of drug-likeness (QED) is 0.894. The van der Waals surface area contributed by atoms with E-state index in [-0.39, 0.29) is 0 Å². The fraction of sp³-hybridized carbons (Fsp3) is 0.600. The smallest absolute Gasteiger partial charge is 0.382 e. The van der Waals surface area contributed by atoms with Crippen LogP contribution in [0, 0.1) is 0 Å². The zero-order valence-corrected chi connectivity index (χ0v) is 11.2. The Labute approximate surface area is 112 Å². The summed E-state index contributed by atoms with van der Waals surface area (Å²) >= 11 is 1.19. The predicted molar refractivity (Wildman–Crippen MR) is 65.2 cm³/mol. The Bertz CT molecular complexity index is 436. The van der Waals surface area contributed by atoms with Crippen LogP contribution in [0.25, 0.3) is 0 Å². The van der Waals surface area contributed by atoms with Gasteiger partial charge in [0.1, 0.15) is 0 Å². The Morgan fingerprint density at radius 3 is 2.74 bits per heavy atom. The Kier molecular flexibility index (Phi) is 5.12. The van der Waals surface area contributed by atoms with Gasteiger partial charge in [0.15, 0.2) is 11.2 Å². The molecule has 0 aliphatic carbocycles. The van der Waals surface area contributed by atoms with Crippen LogP contribution >= 0.6 is 11.3 Å². The van der Waals surface area contributed by atoms with Gasteiger partial charge in [-0.25, -0.2) is 9.78 Å². The van der Waals surface area contributed by atoms with Crippen molar-refractivity contribution in [1.82, 2.24) is 9.88 Å². The third-order valence-electron chi connectivity index (χ3n) is 2.30. The number of aryl methyl sites for hydroxylation is 1. The lowest BCUT2D eigenvalue weighted by atomic mass is 10.3. The van der Waals surface area contributed by atoms with Gasteiger partial charge in [-0.3, -0.25) is 5.32 Å². The standard InChI is InChI=1S/C10H14F3N3O2S/c1-3-6-5-19-8(14-6)15-9(18)16(2)4-7(17)10(11,12)13/h5,7,17H,3-4H2,1-2H3,(H,14,15,18). The molecule has 1 unspecified atom stereocenters. The van der Waals surface area contributed by atoms with E-state index >= 15 is 0 Å². The lowest BCUT2D eigenvalue weighted by Crippen LogP contribution is -2.43. The average molecular weight is 297 g/mol. The van der Waals surface area contributed by atoms with Crippen molar-refractivity contribution >= 4 is 22.5 Å². The van der Waals surface area contributed by atoms with Crippen LogP contribution in [0.5, 0.6) is 0 Å². The molecule has 0 aliphatic heterocycles. The first-order chi connectivity index (χ1) is 8.74. The highest BCUT2D eigenvalue weighted by Gasteiger charge is 2.39. The van der Waals surface area contributed by atoms with Gasteiger partial charge in [-0.1, -0.05) is 6.92 Å². The zero-order valence-electron chi connectivity index (χ0n) is 10.4. The summed E-state index contributed by atoms with van der Waals surface area (Å²) in [5, 5.41) is 13.3. The minimum absolute atomic E-state index is 0.315. The van der Waals surface area contributed by atoms with Crippen LogP contribution in [0.15, 0.2) is 5.38 Å². The number of hydrogen-bond acceptors (Lipinski definition) is 4. The number of nitrogens with zero attached hydrogens (tertiary/aromatic N) is 2. The molecule has 5 nitrogen and oxygen atoms in total. The van der Waals surface area contributed by atoms with Crippen molar-refractivity contribution in [2.24, 2.45) is 0 Å². The van der Waals surface area contributed by atoms with Crippen LogP contribution in [0.1, 0.15) is 12.6 Å². The molecule has 0 saturated heterocycles. The topological polar surface area (TPSA) is 65.5 Å². The normalized spacial score (nSPS) is 13.2. The van der Waals surface area contributed by atoms with E-state index in [0.717, 1.165) is 10.6 Å². The molecule has 0 bridgehead atoms. The summed E-state index contributed by atoms with van der Waals surface area (Å²) in [6, 6.07) is -0.750. The maximum Gasteiger partial charge on any atom is 0.416 e. The van der Waals surface area contributed by atoms with E-state index in [0.29, 0.717) is 11.6 Å². The van der Waals surface area contributed by atoms with Crippen LogP contribution in [0.2, 0.25) is 0 Å². The van der Waals surface area contributed by atoms with E-state index in [4.69, 9.17) is 5.11 Å². The molecule has 0 fully saturated rings. The number of aliphatic hydroxyl groups excluding tert-OH is 1. The van der Waals surface area contributed by atoms with Gasteiger partial charge in [0.2, 0.25) is 0 Å². The van der Waals surface area contributed by atoms with E-state index in [2.05, 4.69) is 10.3 Å². The second kappa shape index (κ2) is 6.20. The molecular weight excluding hydrogens is 283 g/mol. The van der Waals surface area contributed by atoms with E-state index in [1.807, 2.05) is 6.92 Å². The first-order valence-electron chi connectivity index (χ1n) is 5.45. The molecule has 0 radical (unpaired) electrons. The number of anilines is 1. The molecule has 1 rings (SSSR count). The number of nitrogens with one attached hydrogen (secondary N) is 1. The number of carbonyl (C=O) groups excluding carboxylic acids is 1. The van der Waals surface area contributed by atoms with Crippen LogP contribution in [-0.4, -0.2) is 46.9 Å². The van der Waals surface area contributed by atoms with E-state index in [9.17, 15) is 18.0 Å². The molecule has 2 amide bonds. The number of aliphatic hydroxyl groups is 1. The number of likely N-dealkylation sites (N-methyl/N-ethyl adjacent to an activating group) is 1. The summed E-state index contributed by atoms with van der Waals surface area (Å²) in [6.45, 7) is 1.06. The van der Waals surface area contributed by atoms with Crippen LogP contribution in [-0.2, 0) is 6.42 Å². The highest BCUT2D eigenvalue weighted by Crippen LogP contribution is 2.21. The predicted octanol–water partition coefficient (Wildman–Crippen LogP) is 2.09. The summed E-state index contributed by atoms with van der Waals surface area (Å²) in [5.74, 6) is 0. The zero-order chi connectivity index (χ0) is 14.6. The lowest BCUT2D eigenvalue weighted by molar-refractivity contribution is -0.205. The van der Waals surface area contributed by atoms with Crippen molar-refractivity contribution in [3.05, 3.63) is 11.1 Å². The van der Waals surface area contributed by atoms with Crippen molar-refractivity contribution in [3.63, 3.8) is 0 Å². The maximum atomic E-state index is 12.1. The number of aromatic nitrogens is 1. The summed E-state index contributed by atoms with van der Waals surface area (Å²) in [4.78, 5) is 16.4. The Hall–Kier alpha value is -1.35. The molecule has 1 aromatic heterocycles. The summed E-state index contributed by atoms with van der Waals surface area (Å²) in [6.07, 6.45) is -6.61. The summed E-state index contributed by atoms with van der Waals surface area (Å²) in [5.41, 5.74) is 0.790.